The minimum atomic E-state index is 1.31. The molecule has 0 nitrogen and oxygen atoms in total. The normalized spacial score (nSPS) is 12.6. The number of rotatable bonds is 0. The molecule has 4 aromatic rings. The number of hydrogen-bond acceptors (Lipinski definition) is 1. The van der Waals surface area contributed by atoms with Crippen LogP contribution in [-0.2, 0) is 0 Å². The van der Waals surface area contributed by atoms with Crippen LogP contribution in [0.25, 0.3) is 32.7 Å². The summed E-state index contributed by atoms with van der Waals surface area (Å²) in [5, 5.41) is 5.39. The molecule has 0 saturated carbocycles. The third kappa shape index (κ3) is 1.52. The van der Waals surface area contributed by atoms with Gasteiger partial charge in [-0.2, -0.15) is 0 Å². The van der Waals surface area contributed by atoms with Gasteiger partial charge in [0.15, 0.2) is 0 Å². The fourth-order valence-electron chi connectivity index (χ4n) is 3.33. The molecule has 0 unspecified atom stereocenters. The average Bonchev–Trinajstić information content (AvgIpc) is 2.55. The molecule has 4 aromatic carbocycles. The summed E-state index contributed by atoms with van der Waals surface area (Å²) in [5.74, 6) is 0. The molecular formula is C20H12S. The van der Waals surface area contributed by atoms with Gasteiger partial charge in [0.05, 0.1) is 0 Å². The van der Waals surface area contributed by atoms with Crippen LogP contribution in [-0.4, -0.2) is 0 Å². The Balaban J connectivity index is 2.03. The Morgan fingerprint density at radius 3 is 2.33 bits per heavy atom. The highest BCUT2D eigenvalue weighted by atomic mass is 32.2. The van der Waals surface area contributed by atoms with E-state index in [4.69, 9.17) is 0 Å². The molecular weight excluding hydrogens is 272 g/mol. The third-order valence-corrected chi connectivity index (χ3v) is 5.37. The molecule has 21 heavy (non-hydrogen) atoms. The Morgan fingerprint density at radius 1 is 0.571 bits per heavy atom. The zero-order valence-corrected chi connectivity index (χ0v) is 12.2. The highest BCUT2D eigenvalue weighted by molar-refractivity contribution is 7.99. The van der Waals surface area contributed by atoms with Gasteiger partial charge in [-0.05, 0) is 33.9 Å². The van der Waals surface area contributed by atoms with Gasteiger partial charge in [-0.25, -0.2) is 0 Å². The van der Waals surface area contributed by atoms with E-state index in [2.05, 4.69) is 72.8 Å². The SMILES string of the molecule is c1ccc2c3c(ccc2c1)Sc1cccc2cccc-3c12. The van der Waals surface area contributed by atoms with E-state index in [-0.39, 0.29) is 0 Å². The van der Waals surface area contributed by atoms with Crippen LogP contribution >= 0.6 is 11.8 Å². The molecule has 0 saturated heterocycles. The quantitative estimate of drug-likeness (QED) is 0.330. The second-order valence-electron chi connectivity index (χ2n) is 5.42. The van der Waals surface area contributed by atoms with E-state index < -0.39 is 0 Å². The zero-order chi connectivity index (χ0) is 13.8. The van der Waals surface area contributed by atoms with Crippen molar-refractivity contribution < 1.29 is 0 Å². The van der Waals surface area contributed by atoms with Crippen molar-refractivity contribution in [2.45, 2.75) is 9.79 Å². The van der Waals surface area contributed by atoms with Crippen molar-refractivity contribution in [1.82, 2.24) is 0 Å². The summed E-state index contributed by atoms with van der Waals surface area (Å²) in [7, 11) is 0. The Morgan fingerprint density at radius 2 is 1.38 bits per heavy atom. The first-order chi connectivity index (χ1) is 10.4. The topological polar surface area (TPSA) is 0 Å². The van der Waals surface area contributed by atoms with Crippen molar-refractivity contribution in [3.63, 3.8) is 0 Å². The molecule has 0 aromatic heterocycles. The average molecular weight is 284 g/mol. The first kappa shape index (κ1) is 11.4. The van der Waals surface area contributed by atoms with Crippen LogP contribution < -0.4 is 0 Å². The van der Waals surface area contributed by atoms with E-state index in [1.54, 1.807) is 0 Å². The van der Waals surface area contributed by atoms with E-state index in [1.807, 2.05) is 11.8 Å². The van der Waals surface area contributed by atoms with Crippen molar-refractivity contribution in [1.29, 1.82) is 0 Å². The van der Waals surface area contributed by atoms with Gasteiger partial charge < -0.3 is 0 Å². The minimum absolute atomic E-state index is 1.31. The lowest BCUT2D eigenvalue weighted by atomic mass is 9.93. The van der Waals surface area contributed by atoms with Crippen molar-refractivity contribution in [3.8, 4) is 11.1 Å². The molecule has 0 amide bonds. The first-order valence-electron chi connectivity index (χ1n) is 7.13. The number of benzene rings is 4. The van der Waals surface area contributed by atoms with E-state index in [0.29, 0.717) is 0 Å². The highest BCUT2D eigenvalue weighted by Crippen LogP contribution is 2.49. The Labute approximate surface area is 127 Å². The van der Waals surface area contributed by atoms with Crippen LogP contribution in [0, 0.1) is 0 Å². The summed E-state index contributed by atoms with van der Waals surface area (Å²) in [5.41, 5.74) is 2.76. The van der Waals surface area contributed by atoms with Crippen LogP contribution in [0.15, 0.2) is 82.6 Å². The van der Waals surface area contributed by atoms with Gasteiger partial charge in [-0.1, -0.05) is 72.4 Å². The molecule has 1 aliphatic heterocycles. The Hall–Kier alpha value is -2.25. The summed E-state index contributed by atoms with van der Waals surface area (Å²) >= 11 is 1.89. The van der Waals surface area contributed by atoms with Crippen molar-refractivity contribution in [2.75, 3.05) is 0 Å². The molecule has 98 valence electrons. The fraction of sp³-hybridized carbons (Fsp3) is 0. The van der Waals surface area contributed by atoms with E-state index in [0.717, 1.165) is 0 Å². The molecule has 0 atom stereocenters. The summed E-state index contributed by atoms with van der Waals surface area (Å²) in [4.78, 5) is 2.73. The highest BCUT2D eigenvalue weighted by Gasteiger charge is 2.20. The van der Waals surface area contributed by atoms with Crippen LogP contribution in [0.1, 0.15) is 0 Å². The predicted molar refractivity (Wildman–Crippen MR) is 91.0 cm³/mol. The summed E-state index contributed by atoms with van der Waals surface area (Å²) in [6.07, 6.45) is 0. The number of fused-ring (bicyclic) bond motifs is 4. The lowest BCUT2D eigenvalue weighted by Crippen LogP contribution is -1.93. The van der Waals surface area contributed by atoms with E-state index >= 15 is 0 Å². The van der Waals surface area contributed by atoms with Gasteiger partial charge in [-0.3, -0.25) is 0 Å². The monoisotopic (exact) mass is 284 g/mol. The van der Waals surface area contributed by atoms with Crippen LogP contribution in [0.4, 0.5) is 0 Å². The Bertz CT molecular complexity index is 1010. The maximum absolute atomic E-state index is 2.26. The van der Waals surface area contributed by atoms with Gasteiger partial charge >= 0.3 is 0 Å². The largest absolute Gasteiger partial charge is 0.0888 e. The molecule has 0 radical (unpaired) electrons. The minimum Gasteiger partial charge on any atom is -0.0888 e. The lowest BCUT2D eigenvalue weighted by molar-refractivity contribution is 1.42. The molecule has 0 spiro atoms. The lowest BCUT2D eigenvalue weighted by Gasteiger charge is -2.21. The van der Waals surface area contributed by atoms with Gasteiger partial charge in [0.2, 0.25) is 0 Å². The molecule has 5 rings (SSSR count). The van der Waals surface area contributed by atoms with E-state index in [1.165, 1.54) is 42.5 Å². The summed E-state index contributed by atoms with van der Waals surface area (Å²) in [6.45, 7) is 0. The van der Waals surface area contributed by atoms with Gasteiger partial charge in [-0.15, -0.1) is 0 Å². The maximum Gasteiger partial charge on any atom is 0.0207 e. The third-order valence-electron chi connectivity index (χ3n) is 4.25. The molecule has 0 N–H and O–H groups in total. The van der Waals surface area contributed by atoms with Crippen molar-refractivity contribution >= 4 is 33.3 Å². The van der Waals surface area contributed by atoms with Crippen LogP contribution in [0.2, 0.25) is 0 Å². The van der Waals surface area contributed by atoms with Crippen molar-refractivity contribution in [2.24, 2.45) is 0 Å². The first-order valence-corrected chi connectivity index (χ1v) is 7.95. The second-order valence-corrected chi connectivity index (χ2v) is 6.51. The predicted octanol–water partition coefficient (Wildman–Crippen LogP) is 6.12. The van der Waals surface area contributed by atoms with Gasteiger partial charge in [0, 0.05) is 20.7 Å². The van der Waals surface area contributed by atoms with Crippen molar-refractivity contribution in [3.05, 3.63) is 72.8 Å². The summed E-state index contributed by atoms with van der Waals surface area (Å²) < 4.78 is 0. The molecule has 1 aliphatic rings. The molecule has 1 heteroatoms. The second kappa shape index (κ2) is 4.12. The van der Waals surface area contributed by atoms with Gasteiger partial charge in [0.25, 0.3) is 0 Å². The maximum atomic E-state index is 2.26. The van der Waals surface area contributed by atoms with Crippen LogP contribution in [0.3, 0.4) is 0 Å². The summed E-state index contributed by atoms with van der Waals surface area (Å²) in [6, 6.07) is 26.4. The van der Waals surface area contributed by atoms with Gasteiger partial charge in [0.1, 0.15) is 0 Å². The molecule has 0 fully saturated rings. The molecule has 0 bridgehead atoms. The van der Waals surface area contributed by atoms with Crippen LogP contribution in [0.5, 0.6) is 0 Å². The smallest absolute Gasteiger partial charge is 0.0207 e. The van der Waals surface area contributed by atoms with E-state index in [9.17, 15) is 0 Å². The zero-order valence-electron chi connectivity index (χ0n) is 11.3. The molecule has 1 heterocycles. The molecule has 0 aliphatic carbocycles. The number of hydrogen-bond donors (Lipinski definition) is 0. The Kier molecular flexibility index (Phi) is 2.24. The fourth-order valence-corrected chi connectivity index (χ4v) is 4.50. The standard InChI is InChI=1S/C20H12S/c1-2-8-15-13(5-1)11-12-18-20(15)16-9-3-6-14-7-4-10-17(21-18)19(14)16/h1-12H.